The Bertz CT molecular complexity index is 1300. The average Bonchev–Trinajstić information content (AvgIpc) is 3.02. The number of sulfonamides is 1. The summed E-state index contributed by atoms with van der Waals surface area (Å²) in [7, 11) is -4.37. The van der Waals surface area contributed by atoms with Gasteiger partial charge in [0.1, 0.15) is 0 Å². The number of benzene rings is 2. The Morgan fingerprint density at radius 1 is 0.875 bits per heavy atom. The lowest BCUT2D eigenvalue weighted by atomic mass is 9.68. The molecule has 4 aliphatic rings. The van der Waals surface area contributed by atoms with Crippen molar-refractivity contribution in [2.24, 2.45) is 11.8 Å². The summed E-state index contributed by atoms with van der Waals surface area (Å²) in [6, 6.07) is 11.4. The molecule has 2 bridgehead atoms. The van der Waals surface area contributed by atoms with E-state index >= 15 is 0 Å². The Labute approximate surface area is 184 Å². The van der Waals surface area contributed by atoms with Gasteiger partial charge in [-0.05, 0) is 44.2 Å². The normalized spacial score (nSPS) is 29.1. The van der Waals surface area contributed by atoms with Crippen LogP contribution in [0.5, 0.6) is 0 Å². The van der Waals surface area contributed by atoms with Crippen LogP contribution in [0.1, 0.15) is 11.1 Å². The Morgan fingerprint density at radius 2 is 1.44 bits per heavy atom. The highest BCUT2D eigenvalue weighted by molar-refractivity contribution is 7.89. The van der Waals surface area contributed by atoms with E-state index in [1.165, 1.54) is 18.2 Å². The third-order valence-corrected chi connectivity index (χ3v) is 8.22. The smallest absolute Gasteiger partial charge is 0.273 e. The van der Waals surface area contributed by atoms with Crippen LogP contribution in [0.2, 0.25) is 0 Å². The van der Waals surface area contributed by atoms with Crippen molar-refractivity contribution in [1.82, 2.24) is 4.31 Å². The molecule has 3 aliphatic heterocycles. The third kappa shape index (κ3) is 2.58. The van der Waals surface area contributed by atoms with Gasteiger partial charge in [-0.1, -0.05) is 41.5 Å². The van der Waals surface area contributed by atoms with Gasteiger partial charge in [-0.25, -0.2) is 17.6 Å². The lowest BCUT2D eigenvalue weighted by Crippen LogP contribution is -2.69. The second-order valence-electron chi connectivity index (χ2n) is 8.45. The maximum absolute atomic E-state index is 13.4. The predicted molar refractivity (Wildman–Crippen MR) is 114 cm³/mol. The molecule has 1 N–H and O–H groups in total. The zero-order valence-electron chi connectivity index (χ0n) is 17.3. The first-order chi connectivity index (χ1) is 15.1. The summed E-state index contributed by atoms with van der Waals surface area (Å²) in [5, 5.41) is 11.2. The molecule has 3 amide bonds. The number of nitrogens with zero attached hydrogens (tertiary/aromatic N) is 2. The molecule has 3 heterocycles. The van der Waals surface area contributed by atoms with E-state index in [1.807, 2.05) is 6.92 Å². The van der Waals surface area contributed by atoms with Crippen molar-refractivity contribution in [3.63, 3.8) is 0 Å². The number of fused-ring (bicyclic) bond motifs is 1. The predicted octanol–water partition coefficient (Wildman–Crippen LogP) is 1.31. The van der Waals surface area contributed by atoms with Gasteiger partial charge in [0.15, 0.2) is 5.60 Å². The second-order valence-corrected chi connectivity index (χ2v) is 10.3. The van der Waals surface area contributed by atoms with Gasteiger partial charge >= 0.3 is 0 Å². The number of imide groups is 1. The van der Waals surface area contributed by atoms with E-state index in [0.717, 1.165) is 22.1 Å². The number of carbonyl (C=O) groups excluding carboxylic acids is 3. The average molecular weight is 452 g/mol. The number of aliphatic hydroxyl groups is 1. The lowest BCUT2D eigenvalue weighted by molar-refractivity contribution is -0.164. The number of hydrogen-bond acceptors (Lipinski definition) is 6. The number of anilines is 1. The summed E-state index contributed by atoms with van der Waals surface area (Å²) >= 11 is 0. The van der Waals surface area contributed by atoms with Gasteiger partial charge in [0.25, 0.3) is 15.9 Å². The zero-order chi connectivity index (χ0) is 23.0. The molecule has 0 saturated carbocycles. The second kappa shape index (κ2) is 6.60. The number of hydrogen-bond donors (Lipinski definition) is 1. The summed E-state index contributed by atoms with van der Waals surface area (Å²) in [4.78, 5) is 40.6. The molecule has 4 atom stereocenters. The number of amides is 3. The van der Waals surface area contributed by atoms with Crippen LogP contribution in [-0.2, 0) is 24.4 Å². The van der Waals surface area contributed by atoms with Crippen molar-refractivity contribution in [2.45, 2.75) is 30.4 Å². The minimum atomic E-state index is -4.37. The fourth-order valence-electron chi connectivity index (χ4n) is 4.75. The van der Waals surface area contributed by atoms with Crippen molar-refractivity contribution in [2.75, 3.05) is 4.90 Å². The van der Waals surface area contributed by atoms with Crippen LogP contribution in [0.25, 0.3) is 0 Å². The van der Waals surface area contributed by atoms with Crippen molar-refractivity contribution in [1.29, 1.82) is 0 Å². The highest BCUT2D eigenvalue weighted by Crippen LogP contribution is 2.50. The molecule has 0 spiro atoms. The lowest BCUT2D eigenvalue weighted by Gasteiger charge is -2.48. The molecule has 2 fully saturated rings. The van der Waals surface area contributed by atoms with Crippen molar-refractivity contribution in [3.8, 4) is 0 Å². The topological polar surface area (TPSA) is 112 Å². The zero-order valence-corrected chi connectivity index (χ0v) is 18.1. The van der Waals surface area contributed by atoms with Crippen LogP contribution in [0, 0.1) is 25.7 Å². The Hall–Kier alpha value is -3.30. The molecule has 2 aromatic carbocycles. The molecule has 0 unspecified atom stereocenters. The number of aryl methyl sites for hydroxylation is 2. The minimum absolute atomic E-state index is 0.135. The molecular weight excluding hydrogens is 432 g/mol. The number of carbonyl (C=O) groups is 3. The molecule has 32 heavy (non-hydrogen) atoms. The van der Waals surface area contributed by atoms with Gasteiger partial charge in [-0.3, -0.25) is 14.4 Å². The Morgan fingerprint density at radius 3 is 2.03 bits per heavy atom. The summed E-state index contributed by atoms with van der Waals surface area (Å²) < 4.78 is 27.3. The maximum Gasteiger partial charge on any atom is 0.273 e. The molecule has 164 valence electrons. The third-order valence-electron chi connectivity index (χ3n) is 6.42. The van der Waals surface area contributed by atoms with E-state index in [2.05, 4.69) is 0 Å². The highest BCUT2D eigenvalue weighted by Gasteiger charge is 2.70. The Kier molecular flexibility index (Phi) is 4.25. The first-order valence-electron chi connectivity index (χ1n) is 10.1. The molecule has 6 rings (SSSR count). The quantitative estimate of drug-likeness (QED) is 0.555. The molecule has 9 heteroatoms. The fraction of sp³-hybridized carbons (Fsp3) is 0.261. The first kappa shape index (κ1) is 20.6. The van der Waals surface area contributed by atoms with Gasteiger partial charge in [0, 0.05) is 0 Å². The van der Waals surface area contributed by atoms with Crippen molar-refractivity contribution in [3.05, 3.63) is 71.8 Å². The van der Waals surface area contributed by atoms with Crippen LogP contribution in [0.3, 0.4) is 0 Å². The van der Waals surface area contributed by atoms with E-state index in [1.54, 1.807) is 43.3 Å². The summed E-state index contributed by atoms with van der Waals surface area (Å²) in [6.07, 6.45) is 2.48. The van der Waals surface area contributed by atoms with E-state index in [0.29, 0.717) is 9.99 Å². The standard InChI is InChI=1S/C23H20N2O6S/c1-13-3-7-15(8-4-13)24-20(26)18-17-11-12-23(29,19(18)21(24)27)22(28)25(17)32(30,31)16-9-5-14(2)6-10-16/h3-12,17-19,29H,1-2H3/t17-,18+,19-,23-/m1/s1. The summed E-state index contributed by atoms with van der Waals surface area (Å²) in [5.41, 5.74) is -0.359. The van der Waals surface area contributed by atoms with Gasteiger partial charge in [-0.15, -0.1) is 0 Å². The highest BCUT2D eigenvalue weighted by atomic mass is 32.2. The number of rotatable bonds is 3. The maximum atomic E-state index is 13.4. The SMILES string of the molecule is Cc1ccc(N2C(=O)[C@H]3[C@H]4C=C[C@](O)(C(=O)N4S(=O)(=O)c4ccc(C)cc4)[C@H]3C2=O)cc1. The number of piperidine rings is 1. The Balaban J connectivity index is 1.61. The molecule has 2 saturated heterocycles. The molecule has 0 radical (unpaired) electrons. The van der Waals surface area contributed by atoms with Crippen LogP contribution in [0.4, 0.5) is 5.69 Å². The molecule has 0 aromatic heterocycles. The molecule has 8 nitrogen and oxygen atoms in total. The van der Waals surface area contributed by atoms with Crippen LogP contribution in [0.15, 0.2) is 65.6 Å². The first-order valence-corrected chi connectivity index (χ1v) is 11.5. The van der Waals surface area contributed by atoms with E-state index < -0.39 is 51.2 Å². The summed E-state index contributed by atoms with van der Waals surface area (Å²) in [5.74, 6) is -5.09. The van der Waals surface area contributed by atoms with E-state index in [-0.39, 0.29) is 4.90 Å². The van der Waals surface area contributed by atoms with Gasteiger partial charge in [-0.2, -0.15) is 0 Å². The largest absolute Gasteiger partial charge is 0.375 e. The van der Waals surface area contributed by atoms with E-state index in [4.69, 9.17) is 0 Å². The van der Waals surface area contributed by atoms with Gasteiger partial charge < -0.3 is 5.11 Å². The molecular formula is C23H20N2O6S. The van der Waals surface area contributed by atoms with Gasteiger partial charge in [0.05, 0.1) is 28.5 Å². The van der Waals surface area contributed by atoms with Crippen LogP contribution < -0.4 is 4.90 Å². The fourth-order valence-corrected chi connectivity index (χ4v) is 6.34. The van der Waals surface area contributed by atoms with Crippen molar-refractivity contribution < 1.29 is 27.9 Å². The van der Waals surface area contributed by atoms with E-state index in [9.17, 15) is 27.9 Å². The molecule has 1 aliphatic carbocycles. The monoisotopic (exact) mass is 452 g/mol. The van der Waals surface area contributed by atoms with Crippen molar-refractivity contribution >= 4 is 33.4 Å². The van der Waals surface area contributed by atoms with Crippen LogP contribution >= 0.6 is 0 Å². The minimum Gasteiger partial charge on any atom is -0.375 e. The van der Waals surface area contributed by atoms with Crippen LogP contribution in [-0.4, -0.2) is 47.2 Å². The summed E-state index contributed by atoms with van der Waals surface area (Å²) in [6.45, 7) is 3.65. The molecule has 2 aromatic rings. The van der Waals surface area contributed by atoms with Gasteiger partial charge in [0.2, 0.25) is 11.8 Å².